The van der Waals surface area contributed by atoms with E-state index in [-0.39, 0.29) is 24.0 Å². The molecule has 1 N–H and O–H groups in total. The van der Waals surface area contributed by atoms with Crippen LogP contribution in [0.25, 0.3) is 0 Å². The molecule has 6 nitrogen and oxygen atoms in total. The Balaban J connectivity index is 1.60. The zero-order valence-corrected chi connectivity index (χ0v) is 14.7. The highest BCUT2D eigenvalue weighted by atomic mass is 19.3. The van der Waals surface area contributed by atoms with Gasteiger partial charge >= 0.3 is 6.61 Å². The van der Waals surface area contributed by atoms with Gasteiger partial charge in [-0.05, 0) is 61.0 Å². The van der Waals surface area contributed by atoms with Crippen molar-refractivity contribution in [1.82, 2.24) is 9.78 Å². The van der Waals surface area contributed by atoms with Crippen molar-refractivity contribution in [3.63, 3.8) is 0 Å². The molecular formula is C19H16F3N3O3. The van der Waals surface area contributed by atoms with Gasteiger partial charge in [-0.1, -0.05) is 0 Å². The van der Waals surface area contributed by atoms with E-state index >= 15 is 0 Å². The maximum Gasteiger partial charge on any atom is 0.387 e. The molecule has 0 saturated carbocycles. The zero-order valence-electron chi connectivity index (χ0n) is 14.7. The van der Waals surface area contributed by atoms with E-state index in [0.717, 1.165) is 0 Å². The van der Waals surface area contributed by atoms with E-state index in [1.807, 2.05) is 0 Å². The summed E-state index contributed by atoms with van der Waals surface area (Å²) in [5.41, 5.74) is 1.16. The summed E-state index contributed by atoms with van der Waals surface area (Å²) in [5.74, 6) is -0.363. The number of carbonyl (C=O) groups excluding carboxylic acids is 1. The van der Waals surface area contributed by atoms with Gasteiger partial charge in [-0.3, -0.25) is 4.79 Å². The summed E-state index contributed by atoms with van der Waals surface area (Å²) in [7, 11) is 0. The SMILES string of the molecule is Cc1cc(OC(F)F)ccc1NC(=O)c1ccn(COc2ccc(F)cc2)n1. The number of hydrogen-bond acceptors (Lipinski definition) is 4. The van der Waals surface area contributed by atoms with Crippen molar-refractivity contribution in [1.29, 1.82) is 0 Å². The lowest BCUT2D eigenvalue weighted by Gasteiger charge is -2.10. The van der Waals surface area contributed by atoms with Crippen molar-refractivity contribution in [2.75, 3.05) is 5.32 Å². The molecule has 0 aliphatic carbocycles. The third-order valence-electron chi connectivity index (χ3n) is 3.72. The molecule has 2 aromatic carbocycles. The fourth-order valence-electron chi connectivity index (χ4n) is 2.37. The molecule has 0 aliphatic rings. The van der Waals surface area contributed by atoms with Gasteiger partial charge < -0.3 is 14.8 Å². The minimum Gasteiger partial charge on any atom is -0.471 e. The molecule has 1 aromatic heterocycles. The Morgan fingerprint density at radius 3 is 2.54 bits per heavy atom. The van der Waals surface area contributed by atoms with Gasteiger partial charge in [0.25, 0.3) is 5.91 Å². The molecule has 146 valence electrons. The Kier molecular flexibility index (Phi) is 5.83. The van der Waals surface area contributed by atoms with Gasteiger partial charge in [0.05, 0.1) is 0 Å². The number of aryl methyl sites for hydroxylation is 1. The molecule has 0 atom stereocenters. The van der Waals surface area contributed by atoms with Crippen LogP contribution >= 0.6 is 0 Å². The predicted molar refractivity (Wildman–Crippen MR) is 95.0 cm³/mol. The van der Waals surface area contributed by atoms with Gasteiger partial charge in [0.1, 0.15) is 17.3 Å². The van der Waals surface area contributed by atoms with Crippen LogP contribution in [0.5, 0.6) is 11.5 Å². The van der Waals surface area contributed by atoms with E-state index in [0.29, 0.717) is 17.0 Å². The zero-order chi connectivity index (χ0) is 20.1. The fourth-order valence-corrected chi connectivity index (χ4v) is 2.37. The molecule has 0 spiro atoms. The largest absolute Gasteiger partial charge is 0.471 e. The third-order valence-corrected chi connectivity index (χ3v) is 3.72. The molecule has 0 unspecified atom stereocenters. The summed E-state index contributed by atoms with van der Waals surface area (Å²) >= 11 is 0. The molecule has 0 saturated heterocycles. The van der Waals surface area contributed by atoms with E-state index in [4.69, 9.17) is 4.74 Å². The molecule has 1 amide bonds. The lowest BCUT2D eigenvalue weighted by molar-refractivity contribution is -0.0498. The molecule has 3 aromatic rings. The Hall–Kier alpha value is -3.49. The first-order valence-electron chi connectivity index (χ1n) is 8.19. The Bertz CT molecular complexity index is 959. The van der Waals surface area contributed by atoms with Gasteiger partial charge in [0.15, 0.2) is 12.4 Å². The number of carbonyl (C=O) groups is 1. The molecule has 0 radical (unpaired) electrons. The number of halogens is 3. The summed E-state index contributed by atoms with van der Waals surface area (Å²) in [5, 5.41) is 6.77. The van der Waals surface area contributed by atoms with E-state index in [1.165, 1.54) is 53.2 Å². The van der Waals surface area contributed by atoms with Gasteiger partial charge in [-0.2, -0.15) is 13.9 Å². The monoisotopic (exact) mass is 391 g/mol. The number of anilines is 1. The number of hydrogen-bond donors (Lipinski definition) is 1. The molecule has 9 heteroatoms. The summed E-state index contributed by atoms with van der Waals surface area (Å²) in [6, 6.07) is 11.2. The summed E-state index contributed by atoms with van der Waals surface area (Å²) < 4.78 is 48.5. The lowest BCUT2D eigenvalue weighted by atomic mass is 10.2. The first-order valence-corrected chi connectivity index (χ1v) is 8.19. The van der Waals surface area contributed by atoms with Gasteiger partial charge in [-0.15, -0.1) is 0 Å². The van der Waals surface area contributed by atoms with Crippen LogP contribution < -0.4 is 14.8 Å². The second kappa shape index (κ2) is 8.47. The van der Waals surface area contributed by atoms with E-state index in [1.54, 1.807) is 13.1 Å². The topological polar surface area (TPSA) is 65.4 Å². The molecule has 0 bridgehead atoms. The average molecular weight is 391 g/mol. The maximum absolute atomic E-state index is 12.9. The maximum atomic E-state index is 12.9. The van der Waals surface area contributed by atoms with Crippen LogP contribution in [0.1, 0.15) is 16.1 Å². The van der Waals surface area contributed by atoms with Crippen molar-refractivity contribution in [3.8, 4) is 11.5 Å². The first kappa shape index (κ1) is 19.3. The van der Waals surface area contributed by atoms with Gasteiger partial charge in [0, 0.05) is 11.9 Å². The number of nitrogens with one attached hydrogen (secondary N) is 1. The van der Waals surface area contributed by atoms with Crippen LogP contribution in [0, 0.1) is 12.7 Å². The molecule has 3 rings (SSSR count). The number of alkyl halides is 2. The summed E-state index contributed by atoms with van der Waals surface area (Å²) in [4.78, 5) is 12.3. The number of amides is 1. The number of nitrogens with zero attached hydrogens (tertiary/aromatic N) is 2. The highest BCUT2D eigenvalue weighted by molar-refractivity contribution is 6.03. The second-order valence-corrected chi connectivity index (χ2v) is 5.78. The summed E-state index contributed by atoms with van der Waals surface area (Å²) in [6.07, 6.45) is 1.56. The van der Waals surface area contributed by atoms with Crippen LogP contribution in [-0.4, -0.2) is 22.3 Å². The van der Waals surface area contributed by atoms with E-state index in [2.05, 4.69) is 15.2 Å². The molecule has 1 heterocycles. The van der Waals surface area contributed by atoms with E-state index in [9.17, 15) is 18.0 Å². The smallest absolute Gasteiger partial charge is 0.387 e. The molecule has 28 heavy (non-hydrogen) atoms. The molecular weight excluding hydrogens is 375 g/mol. The average Bonchev–Trinajstić information content (AvgIpc) is 3.12. The highest BCUT2D eigenvalue weighted by Gasteiger charge is 2.13. The van der Waals surface area contributed by atoms with Crippen molar-refractivity contribution in [2.24, 2.45) is 0 Å². The minimum atomic E-state index is -2.92. The fraction of sp³-hybridized carbons (Fsp3) is 0.158. The normalized spacial score (nSPS) is 10.8. The van der Waals surface area contributed by atoms with Crippen LogP contribution in [0.2, 0.25) is 0 Å². The van der Waals surface area contributed by atoms with Crippen molar-refractivity contribution in [3.05, 3.63) is 71.8 Å². The second-order valence-electron chi connectivity index (χ2n) is 5.78. The third kappa shape index (κ3) is 5.03. The van der Waals surface area contributed by atoms with Crippen molar-refractivity contribution in [2.45, 2.75) is 20.3 Å². The quantitative estimate of drug-likeness (QED) is 0.655. The number of ether oxygens (including phenoxy) is 2. The Morgan fingerprint density at radius 2 is 1.86 bits per heavy atom. The first-order chi connectivity index (χ1) is 13.4. The predicted octanol–water partition coefficient (Wildman–Crippen LogP) is 4.22. The number of rotatable bonds is 7. The van der Waals surface area contributed by atoms with Crippen LogP contribution in [0.3, 0.4) is 0 Å². The van der Waals surface area contributed by atoms with Gasteiger partial charge in [0.2, 0.25) is 0 Å². The highest BCUT2D eigenvalue weighted by Crippen LogP contribution is 2.23. The number of benzene rings is 2. The van der Waals surface area contributed by atoms with Crippen LogP contribution in [0.4, 0.5) is 18.9 Å². The Labute approximate surface area is 158 Å². The molecule has 0 aliphatic heterocycles. The van der Waals surface area contributed by atoms with Gasteiger partial charge in [-0.25, -0.2) is 9.07 Å². The standard InChI is InChI=1S/C19H16F3N3O3/c1-12-10-15(28-19(21)22)6-7-16(12)23-18(26)17-8-9-25(24-17)11-27-14-4-2-13(20)3-5-14/h2-10,19H,11H2,1H3,(H,23,26). The van der Waals surface area contributed by atoms with Crippen molar-refractivity contribution < 1.29 is 27.4 Å². The van der Waals surface area contributed by atoms with E-state index < -0.39 is 12.5 Å². The van der Waals surface area contributed by atoms with Crippen LogP contribution in [0.15, 0.2) is 54.7 Å². The lowest BCUT2D eigenvalue weighted by Crippen LogP contribution is -2.15. The van der Waals surface area contributed by atoms with Crippen molar-refractivity contribution >= 4 is 11.6 Å². The molecule has 0 fully saturated rings. The Morgan fingerprint density at radius 1 is 1.14 bits per heavy atom. The number of aromatic nitrogens is 2. The summed E-state index contributed by atoms with van der Waals surface area (Å²) in [6.45, 7) is -1.22. The minimum absolute atomic E-state index is 0.00715. The van der Waals surface area contributed by atoms with Crippen LogP contribution in [-0.2, 0) is 6.73 Å².